The minimum atomic E-state index is -3.54. The van der Waals surface area contributed by atoms with Crippen molar-refractivity contribution in [2.75, 3.05) is 39.3 Å². The topological polar surface area (TPSA) is 69.7 Å². The number of nitrogens with one attached hydrogen (secondary N) is 1. The molecule has 1 aliphatic carbocycles. The number of hydrogen-bond donors (Lipinski definition) is 1. The van der Waals surface area contributed by atoms with Gasteiger partial charge in [0.05, 0.1) is 11.4 Å². The molecule has 6 nitrogen and oxygen atoms in total. The summed E-state index contributed by atoms with van der Waals surface area (Å²) in [7, 11) is -3.54. The van der Waals surface area contributed by atoms with E-state index in [1.165, 1.54) is 17.1 Å². The van der Waals surface area contributed by atoms with Crippen LogP contribution in [-0.2, 0) is 14.8 Å². The molecular formula is C20H26ClN3O3S. The molecule has 0 spiro atoms. The van der Waals surface area contributed by atoms with Gasteiger partial charge >= 0.3 is 0 Å². The maximum absolute atomic E-state index is 13.0. The molecule has 1 aliphatic heterocycles. The van der Waals surface area contributed by atoms with Gasteiger partial charge < -0.3 is 10.2 Å². The molecule has 28 heavy (non-hydrogen) atoms. The number of carbonyl (C=O) groups is 1. The summed E-state index contributed by atoms with van der Waals surface area (Å²) in [5.74, 6) is 0.792. The first-order valence-electron chi connectivity index (χ1n) is 9.51. The zero-order valence-corrected chi connectivity index (χ0v) is 17.3. The Hall–Kier alpha value is -1.67. The first kappa shape index (κ1) is 21.0. The molecule has 2 aromatic rings. The van der Waals surface area contributed by atoms with Crippen LogP contribution in [0, 0.1) is 5.92 Å². The van der Waals surface area contributed by atoms with Gasteiger partial charge in [-0.3, -0.25) is 4.79 Å². The minimum Gasteiger partial charge on any atom is -0.339 e. The van der Waals surface area contributed by atoms with E-state index >= 15 is 0 Å². The van der Waals surface area contributed by atoms with Gasteiger partial charge in [-0.2, -0.15) is 4.31 Å². The Bertz CT molecular complexity index is 939. The zero-order valence-electron chi connectivity index (χ0n) is 15.7. The standard InChI is InChI=1S/C20H25N3O3S.ClH/c24-20(15-21-14-16-5-6-16)22-9-11-23(12-10-22)27(25,26)19-8-7-17-3-1-2-4-18(17)13-19;/h1-4,7-8,13,16,21H,5-6,9-12,14-15H2;1H. The molecule has 0 aromatic heterocycles. The normalized spacial score (nSPS) is 18.1. The largest absolute Gasteiger partial charge is 0.339 e. The van der Waals surface area contributed by atoms with Gasteiger partial charge in [-0.05, 0) is 48.2 Å². The van der Waals surface area contributed by atoms with Crippen molar-refractivity contribution >= 4 is 39.1 Å². The Morgan fingerprint density at radius 2 is 1.68 bits per heavy atom. The van der Waals surface area contributed by atoms with E-state index in [9.17, 15) is 13.2 Å². The van der Waals surface area contributed by atoms with E-state index in [1.807, 2.05) is 30.3 Å². The van der Waals surface area contributed by atoms with Crippen molar-refractivity contribution in [1.82, 2.24) is 14.5 Å². The molecule has 152 valence electrons. The number of nitrogens with zero attached hydrogens (tertiary/aromatic N) is 2. The van der Waals surface area contributed by atoms with E-state index in [-0.39, 0.29) is 18.3 Å². The number of hydrogen-bond acceptors (Lipinski definition) is 4. The molecule has 1 saturated carbocycles. The van der Waals surface area contributed by atoms with Crippen molar-refractivity contribution < 1.29 is 13.2 Å². The number of piperazine rings is 1. The fourth-order valence-electron chi connectivity index (χ4n) is 3.47. The summed E-state index contributed by atoms with van der Waals surface area (Å²) >= 11 is 0. The van der Waals surface area contributed by atoms with Gasteiger partial charge in [0.15, 0.2) is 0 Å². The Morgan fingerprint density at radius 3 is 2.36 bits per heavy atom. The van der Waals surface area contributed by atoms with Crippen LogP contribution in [0.3, 0.4) is 0 Å². The number of rotatable bonds is 6. The number of halogens is 1. The lowest BCUT2D eigenvalue weighted by atomic mass is 10.1. The quantitative estimate of drug-likeness (QED) is 0.772. The molecule has 0 unspecified atom stereocenters. The van der Waals surface area contributed by atoms with Gasteiger partial charge in [0.1, 0.15) is 0 Å². The van der Waals surface area contributed by atoms with Crippen LogP contribution in [0.25, 0.3) is 10.8 Å². The monoisotopic (exact) mass is 423 g/mol. The first-order valence-corrected chi connectivity index (χ1v) is 11.0. The Morgan fingerprint density at radius 1 is 1.00 bits per heavy atom. The molecule has 0 radical (unpaired) electrons. The van der Waals surface area contributed by atoms with Crippen molar-refractivity contribution in [2.24, 2.45) is 5.92 Å². The lowest BCUT2D eigenvalue weighted by Gasteiger charge is -2.34. The van der Waals surface area contributed by atoms with Crippen LogP contribution in [-0.4, -0.2) is 62.8 Å². The molecule has 1 saturated heterocycles. The van der Waals surface area contributed by atoms with Crippen LogP contribution < -0.4 is 5.32 Å². The molecule has 2 aliphatic rings. The average Bonchev–Trinajstić information content (AvgIpc) is 3.52. The minimum absolute atomic E-state index is 0. The fraction of sp³-hybridized carbons (Fsp3) is 0.450. The van der Waals surface area contributed by atoms with Crippen LogP contribution in [0.15, 0.2) is 47.4 Å². The van der Waals surface area contributed by atoms with E-state index in [0.29, 0.717) is 37.6 Å². The molecule has 8 heteroatoms. The third-order valence-corrected chi connectivity index (χ3v) is 7.25. The maximum Gasteiger partial charge on any atom is 0.243 e. The predicted octanol–water partition coefficient (Wildman–Crippen LogP) is 2.09. The molecule has 0 bridgehead atoms. The van der Waals surface area contributed by atoms with E-state index in [1.54, 1.807) is 17.0 Å². The molecule has 0 atom stereocenters. The summed E-state index contributed by atoms with van der Waals surface area (Å²) in [6.07, 6.45) is 2.51. The molecule has 1 N–H and O–H groups in total. The third-order valence-electron chi connectivity index (χ3n) is 5.36. The van der Waals surface area contributed by atoms with E-state index in [2.05, 4.69) is 5.32 Å². The van der Waals surface area contributed by atoms with Gasteiger partial charge in [-0.15, -0.1) is 12.4 Å². The highest BCUT2D eigenvalue weighted by Crippen LogP contribution is 2.27. The van der Waals surface area contributed by atoms with Crippen molar-refractivity contribution in [1.29, 1.82) is 0 Å². The van der Waals surface area contributed by atoms with Crippen molar-refractivity contribution in [3.8, 4) is 0 Å². The van der Waals surface area contributed by atoms with Crippen molar-refractivity contribution in [3.05, 3.63) is 42.5 Å². The first-order chi connectivity index (χ1) is 13.0. The van der Waals surface area contributed by atoms with Crippen molar-refractivity contribution in [3.63, 3.8) is 0 Å². The third kappa shape index (κ3) is 4.66. The lowest BCUT2D eigenvalue weighted by Crippen LogP contribution is -2.52. The Balaban J connectivity index is 0.00000225. The second kappa shape index (κ2) is 8.78. The summed E-state index contributed by atoms with van der Waals surface area (Å²) in [6, 6.07) is 13.0. The summed E-state index contributed by atoms with van der Waals surface area (Å²) in [4.78, 5) is 14.3. The van der Waals surface area contributed by atoms with Gasteiger partial charge in [0.2, 0.25) is 15.9 Å². The highest BCUT2D eigenvalue weighted by Gasteiger charge is 2.30. The molecule has 2 fully saturated rings. The second-order valence-corrected chi connectivity index (χ2v) is 9.31. The SMILES string of the molecule is Cl.O=C(CNCC1CC1)N1CCN(S(=O)(=O)c2ccc3ccccc3c2)CC1. The lowest BCUT2D eigenvalue weighted by molar-refractivity contribution is -0.131. The van der Waals surface area contributed by atoms with Crippen LogP contribution in [0.1, 0.15) is 12.8 Å². The van der Waals surface area contributed by atoms with Gasteiger partial charge in [-0.25, -0.2) is 8.42 Å². The summed E-state index contributed by atoms with van der Waals surface area (Å²) < 4.78 is 27.4. The van der Waals surface area contributed by atoms with Crippen LogP contribution in [0.2, 0.25) is 0 Å². The molecule has 1 amide bonds. The fourth-order valence-corrected chi connectivity index (χ4v) is 4.93. The number of benzene rings is 2. The Labute approximate surface area is 172 Å². The number of sulfonamides is 1. The van der Waals surface area contributed by atoms with Gasteiger partial charge in [-0.1, -0.05) is 30.3 Å². The predicted molar refractivity (Wildman–Crippen MR) is 112 cm³/mol. The van der Waals surface area contributed by atoms with E-state index in [4.69, 9.17) is 0 Å². The maximum atomic E-state index is 13.0. The van der Waals surface area contributed by atoms with Crippen LogP contribution in [0.5, 0.6) is 0 Å². The Kier molecular flexibility index (Phi) is 6.60. The molecule has 4 rings (SSSR count). The second-order valence-electron chi connectivity index (χ2n) is 7.37. The smallest absolute Gasteiger partial charge is 0.243 e. The molecule has 2 aromatic carbocycles. The highest BCUT2D eigenvalue weighted by atomic mass is 35.5. The molecular weight excluding hydrogens is 398 g/mol. The van der Waals surface area contributed by atoms with Crippen LogP contribution in [0.4, 0.5) is 0 Å². The van der Waals surface area contributed by atoms with Crippen LogP contribution >= 0.6 is 12.4 Å². The zero-order chi connectivity index (χ0) is 18.9. The number of amides is 1. The number of carbonyl (C=O) groups excluding carboxylic acids is 1. The van der Waals surface area contributed by atoms with E-state index in [0.717, 1.165) is 23.2 Å². The number of fused-ring (bicyclic) bond motifs is 1. The van der Waals surface area contributed by atoms with Gasteiger partial charge in [0, 0.05) is 26.2 Å². The van der Waals surface area contributed by atoms with Gasteiger partial charge in [0.25, 0.3) is 0 Å². The van der Waals surface area contributed by atoms with Crippen molar-refractivity contribution in [2.45, 2.75) is 17.7 Å². The highest BCUT2D eigenvalue weighted by molar-refractivity contribution is 7.89. The summed E-state index contributed by atoms with van der Waals surface area (Å²) in [6.45, 7) is 2.80. The average molecular weight is 424 g/mol. The molecule has 1 heterocycles. The van der Waals surface area contributed by atoms with E-state index < -0.39 is 10.0 Å². The summed E-state index contributed by atoms with van der Waals surface area (Å²) in [5.41, 5.74) is 0. The summed E-state index contributed by atoms with van der Waals surface area (Å²) in [5, 5.41) is 5.14.